The Morgan fingerprint density at radius 1 is 1.27 bits per heavy atom. The van der Waals surface area contributed by atoms with Gasteiger partial charge in [-0.15, -0.1) is 0 Å². The normalized spacial score (nSPS) is 24.5. The average molecular weight is 152 g/mol. The summed E-state index contributed by atoms with van der Waals surface area (Å²) in [5.41, 5.74) is 0. The highest BCUT2D eigenvalue weighted by Gasteiger charge is 2.09. The Bertz CT molecular complexity index is 98.3. The minimum atomic E-state index is 0.726. The second-order valence-electron chi connectivity index (χ2n) is 3.31. The van der Waals surface area contributed by atoms with Crippen LogP contribution in [0.3, 0.4) is 0 Å². The quantitative estimate of drug-likeness (QED) is 0.551. The fourth-order valence-electron chi connectivity index (χ4n) is 1.63. The van der Waals surface area contributed by atoms with Crippen LogP contribution in [-0.4, -0.2) is 39.0 Å². The molecule has 11 heavy (non-hydrogen) atoms. The maximum atomic E-state index is 5.70. The number of nitrogens with zero attached hydrogens (tertiary/aromatic N) is 1. The Kier molecular flexibility index (Phi) is 3.94. The van der Waals surface area contributed by atoms with E-state index >= 15 is 0 Å². The van der Waals surface area contributed by atoms with Crippen LogP contribution in [0, 0.1) is 0 Å². The summed E-state index contributed by atoms with van der Waals surface area (Å²) in [6.45, 7) is 2.11. The molecule has 0 aliphatic carbocycles. The van der Waals surface area contributed by atoms with Crippen molar-refractivity contribution in [1.29, 1.82) is 0 Å². The molecular weight excluding hydrogens is 135 g/mol. The topological polar surface area (TPSA) is 15.3 Å². The summed E-state index contributed by atoms with van der Waals surface area (Å²) in [5.74, 6) is 0. The summed E-state index contributed by atoms with van der Waals surface area (Å²) in [5, 5.41) is 3.33. The lowest BCUT2D eigenvalue weighted by Gasteiger charge is -2.24. The number of nitrogens with one attached hydrogen (secondary N) is 1. The van der Waals surface area contributed by atoms with Gasteiger partial charge in [-0.2, -0.15) is 0 Å². The van der Waals surface area contributed by atoms with Crippen LogP contribution in [0.25, 0.3) is 0 Å². The smallest absolute Gasteiger partial charge is 0.182 e. The summed E-state index contributed by atoms with van der Waals surface area (Å²) in [6, 6.07) is 0.726. The molecule has 0 saturated carbocycles. The Morgan fingerprint density at radius 3 is 2.27 bits per heavy atom. The molecule has 1 heterocycles. The van der Waals surface area contributed by atoms with Crippen molar-refractivity contribution in [2.24, 2.45) is 0 Å². The van der Waals surface area contributed by atoms with E-state index in [-0.39, 0.29) is 0 Å². The molecule has 1 aliphatic heterocycles. The SMILES string of the molecule is [B]N1CCCC(NC)CCC1. The molecule has 0 aromatic carbocycles. The van der Waals surface area contributed by atoms with Crippen LogP contribution in [0.2, 0.25) is 0 Å². The zero-order valence-electron chi connectivity index (χ0n) is 7.34. The fraction of sp³-hybridized carbons (Fsp3) is 1.00. The molecule has 0 amide bonds. The Hall–Kier alpha value is -0.0151. The van der Waals surface area contributed by atoms with Crippen LogP contribution in [0.1, 0.15) is 25.7 Å². The standard InChI is InChI=1S/C8H17BN2/c1-10-8-4-2-6-11(9)7-3-5-8/h8,10H,2-7H2,1H3. The van der Waals surface area contributed by atoms with E-state index in [0.29, 0.717) is 0 Å². The lowest BCUT2D eigenvalue weighted by molar-refractivity contribution is 0.344. The highest BCUT2D eigenvalue weighted by molar-refractivity contribution is 6.04. The van der Waals surface area contributed by atoms with Crippen molar-refractivity contribution in [1.82, 2.24) is 10.1 Å². The molecule has 1 aliphatic rings. The van der Waals surface area contributed by atoms with Crippen molar-refractivity contribution in [2.75, 3.05) is 20.1 Å². The molecule has 2 radical (unpaired) electrons. The van der Waals surface area contributed by atoms with E-state index in [1.807, 2.05) is 11.9 Å². The highest BCUT2D eigenvalue weighted by Crippen LogP contribution is 2.09. The molecule has 1 fully saturated rings. The van der Waals surface area contributed by atoms with Gasteiger partial charge in [0.15, 0.2) is 7.98 Å². The third kappa shape index (κ3) is 3.26. The number of hydrogen-bond donors (Lipinski definition) is 1. The summed E-state index contributed by atoms with van der Waals surface area (Å²) < 4.78 is 0. The van der Waals surface area contributed by atoms with Gasteiger partial charge in [0, 0.05) is 6.04 Å². The lowest BCUT2D eigenvalue weighted by atomic mass is 10.0. The zero-order chi connectivity index (χ0) is 8.10. The van der Waals surface area contributed by atoms with Gasteiger partial charge >= 0.3 is 0 Å². The van der Waals surface area contributed by atoms with Gasteiger partial charge in [0.25, 0.3) is 0 Å². The Morgan fingerprint density at radius 2 is 1.82 bits per heavy atom. The second-order valence-corrected chi connectivity index (χ2v) is 3.31. The van der Waals surface area contributed by atoms with Crippen LogP contribution >= 0.6 is 0 Å². The zero-order valence-corrected chi connectivity index (χ0v) is 7.34. The van der Waals surface area contributed by atoms with E-state index in [1.165, 1.54) is 25.7 Å². The van der Waals surface area contributed by atoms with Crippen LogP contribution in [-0.2, 0) is 0 Å². The van der Waals surface area contributed by atoms with Gasteiger partial charge in [0.1, 0.15) is 0 Å². The number of rotatable bonds is 1. The third-order valence-corrected chi connectivity index (χ3v) is 2.40. The molecule has 0 aromatic heterocycles. The molecule has 0 unspecified atom stereocenters. The maximum Gasteiger partial charge on any atom is 0.182 e. The largest absolute Gasteiger partial charge is 0.353 e. The molecule has 2 nitrogen and oxygen atoms in total. The van der Waals surface area contributed by atoms with Crippen LogP contribution in [0.5, 0.6) is 0 Å². The van der Waals surface area contributed by atoms with Gasteiger partial charge in [-0.3, -0.25) is 0 Å². The Balaban J connectivity index is 2.22. The van der Waals surface area contributed by atoms with Crippen molar-refractivity contribution >= 4 is 7.98 Å². The van der Waals surface area contributed by atoms with Gasteiger partial charge in [-0.05, 0) is 45.8 Å². The Labute approximate surface area is 70.8 Å². The number of hydrogen-bond acceptors (Lipinski definition) is 2. The van der Waals surface area contributed by atoms with Crippen molar-refractivity contribution in [2.45, 2.75) is 31.7 Å². The molecule has 62 valence electrons. The fourth-order valence-corrected chi connectivity index (χ4v) is 1.63. The second kappa shape index (κ2) is 4.78. The summed E-state index contributed by atoms with van der Waals surface area (Å²) >= 11 is 0. The minimum absolute atomic E-state index is 0.726. The molecule has 1 N–H and O–H groups in total. The molecule has 0 atom stereocenters. The van der Waals surface area contributed by atoms with E-state index < -0.39 is 0 Å². The van der Waals surface area contributed by atoms with E-state index in [1.54, 1.807) is 0 Å². The van der Waals surface area contributed by atoms with Gasteiger partial charge in [0.05, 0.1) is 0 Å². The van der Waals surface area contributed by atoms with Crippen LogP contribution < -0.4 is 5.32 Å². The lowest BCUT2D eigenvalue weighted by Crippen LogP contribution is -2.32. The first-order valence-electron chi connectivity index (χ1n) is 4.50. The molecule has 1 rings (SSSR count). The summed E-state index contributed by atoms with van der Waals surface area (Å²) in [4.78, 5) is 1.94. The van der Waals surface area contributed by atoms with Crippen molar-refractivity contribution < 1.29 is 0 Å². The van der Waals surface area contributed by atoms with Crippen LogP contribution in [0.15, 0.2) is 0 Å². The first kappa shape index (κ1) is 9.08. The summed E-state index contributed by atoms with van der Waals surface area (Å²) in [6.07, 6.45) is 4.98. The van der Waals surface area contributed by atoms with Gasteiger partial charge in [0.2, 0.25) is 0 Å². The van der Waals surface area contributed by atoms with Gasteiger partial charge in [-0.25, -0.2) is 0 Å². The molecule has 0 spiro atoms. The third-order valence-electron chi connectivity index (χ3n) is 2.40. The predicted molar refractivity (Wildman–Crippen MR) is 48.6 cm³/mol. The van der Waals surface area contributed by atoms with E-state index in [9.17, 15) is 0 Å². The van der Waals surface area contributed by atoms with Gasteiger partial charge < -0.3 is 10.1 Å². The van der Waals surface area contributed by atoms with Crippen molar-refractivity contribution in [3.05, 3.63) is 0 Å². The molecular formula is C8H17BN2. The van der Waals surface area contributed by atoms with E-state index in [4.69, 9.17) is 7.98 Å². The summed E-state index contributed by atoms with van der Waals surface area (Å²) in [7, 11) is 7.75. The highest BCUT2D eigenvalue weighted by atomic mass is 15.0. The monoisotopic (exact) mass is 152 g/mol. The molecule has 1 saturated heterocycles. The van der Waals surface area contributed by atoms with Crippen molar-refractivity contribution in [3.8, 4) is 0 Å². The van der Waals surface area contributed by atoms with Gasteiger partial charge in [-0.1, -0.05) is 0 Å². The molecule has 0 bridgehead atoms. The minimum Gasteiger partial charge on any atom is -0.353 e. The van der Waals surface area contributed by atoms with E-state index in [0.717, 1.165) is 19.1 Å². The molecule has 3 heteroatoms. The van der Waals surface area contributed by atoms with E-state index in [2.05, 4.69) is 5.32 Å². The first-order valence-corrected chi connectivity index (χ1v) is 4.50. The van der Waals surface area contributed by atoms with Crippen LogP contribution in [0.4, 0.5) is 0 Å². The maximum absolute atomic E-state index is 5.70. The first-order chi connectivity index (χ1) is 5.33. The van der Waals surface area contributed by atoms with Crippen molar-refractivity contribution in [3.63, 3.8) is 0 Å². The average Bonchev–Trinajstić information content (AvgIpc) is 1.96. The molecule has 0 aromatic rings. The predicted octanol–water partition coefficient (Wildman–Crippen LogP) is 0.534.